The van der Waals surface area contributed by atoms with Gasteiger partial charge in [0.05, 0.1) is 0 Å². The standard InChI is InChI=1S/C20H28N2O3/c1-14(2)11-19(24)21-12-15-7-9-16(10-8-15)20(25)22-18-6-4-3-5-17(18)13-23/h7-11,17-18,23H,3-6,12-13H2,1-2H3,(H,21,24)(H,22,25). The molecule has 0 heterocycles. The molecule has 0 aromatic heterocycles. The molecule has 136 valence electrons. The predicted octanol–water partition coefficient (Wildman–Crippen LogP) is 2.55. The number of nitrogens with one attached hydrogen (secondary N) is 2. The molecule has 0 radical (unpaired) electrons. The molecule has 5 heteroatoms. The van der Waals surface area contributed by atoms with Crippen LogP contribution in [0.1, 0.15) is 55.5 Å². The summed E-state index contributed by atoms with van der Waals surface area (Å²) in [5, 5.41) is 15.3. The molecule has 2 amide bonds. The first-order valence-corrected chi connectivity index (χ1v) is 8.93. The molecule has 2 rings (SSSR count). The van der Waals surface area contributed by atoms with E-state index in [2.05, 4.69) is 10.6 Å². The lowest BCUT2D eigenvalue weighted by Crippen LogP contribution is -2.43. The minimum absolute atomic E-state index is 0.0503. The average Bonchev–Trinajstić information content (AvgIpc) is 2.60. The number of aliphatic hydroxyl groups excluding tert-OH is 1. The highest BCUT2D eigenvalue weighted by atomic mass is 16.3. The molecule has 2 atom stereocenters. The average molecular weight is 344 g/mol. The first kappa shape index (κ1) is 19.2. The molecule has 0 bridgehead atoms. The van der Waals surface area contributed by atoms with E-state index in [1.165, 1.54) is 0 Å². The lowest BCUT2D eigenvalue weighted by atomic mass is 9.85. The van der Waals surface area contributed by atoms with Gasteiger partial charge in [0.25, 0.3) is 5.91 Å². The van der Waals surface area contributed by atoms with Crippen molar-refractivity contribution < 1.29 is 14.7 Å². The Kier molecular flexibility index (Phi) is 7.19. The monoisotopic (exact) mass is 344 g/mol. The van der Waals surface area contributed by atoms with E-state index in [4.69, 9.17) is 0 Å². The summed E-state index contributed by atoms with van der Waals surface area (Å²) in [7, 11) is 0. The third-order valence-electron chi connectivity index (χ3n) is 4.56. The molecular weight excluding hydrogens is 316 g/mol. The number of amides is 2. The molecule has 2 unspecified atom stereocenters. The van der Waals surface area contributed by atoms with Crippen LogP contribution in [0.4, 0.5) is 0 Å². The Balaban J connectivity index is 1.89. The topological polar surface area (TPSA) is 78.4 Å². The second-order valence-electron chi connectivity index (χ2n) is 6.94. The van der Waals surface area contributed by atoms with E-state index in [0.717, 1.165) is 36.8 Å². The highest BCUT2D eigenvalue weighted by molar-refractivity contribution is 5.94. The lowest BCUT2D eigenvalue weighted by Gasteiger charge is -2.30. The summed E-state index contributed by atoms with van der Waals surface area (Å²) in [6, 6.07) is 7.29. The van der Waals surface area contributed by atoms with Crippen LogP contribution in [0.3, 0.4) is 0 Å². The SMILES string of the molecule is CC(C)=CC(=O)NCc1ccc(C(=O)NC2CCCCC2CO)cc1. The minimum atomic E-state index is -0.117. The maximum Gasteiger partial charge on any atom is 0.251 e. The molecule has 0 aliphatic heterocycles. The molecule has 1 saturated carbocycles. The zero-order chi connectivity index (χ0) is 18.2. The van der Waals surface area contributed by atoms with Crippen LogP contribution in [0.15, 0.2) is 35.9 Å². The zero-order valence-corrected chi connectivity index (χ0v) is 15.0. The molecular formula is C20H28N2O3. The third-order valence-corrected chi connectivity index (χ3v) is 4.56. The van der Waals surface area contributed by atoms with Gasteiger partial charge >= 0.3 is 0 Å². The minimum Gasteiger partial charge on any atom is -0.396 e. The van der Waals surface area contributed by atoms with Crippen molar-refractivity contribution >= 4 is 11.8 Å². The zero-order valence-electron chi connectivity index (χ0n) is 15.0. The highest BCUT2D eigenvalue weighted by Gasteiger charge is 2.26. The first-order valence-electron chi connectivity index (χ1n) is 8.93. The Bertz CT molecular complexity index is 618. The van der Waals surface area contributed by atoms with Gasteiger partial charge < -0.3 is 15.7 Å². The van der Waals surface area contributed by atoms with E-state index < -0.39 is 0 Å². The van der Waals surface area contributed by atoms with E-state index in [0.29, 0.717) is 12.1 Å². The summed E-state index contributed by atoms with van der Waals surface area (Å²) in [6.07, 6.45) is 5.65. The Morgan fingerprint density at radius 3 is 2.48 bits per heavy atom. The van der Waals surface area contributed by atoms with Crippen molar-refractivity contribution in [3.63, 3.8) is 0 Å². The van der Waals surface area contributed by atoms with Gasteiger partial charge in [-0.25, -0.2) is 0 Å². The maximum atomic E-state index is 12.4. The molecule has 1 fully saturated rings. The van der Waals surface area contributed by atoms with Crippen molar-refractivity contribution in [1.82, 2.24) is 10.6 Å². The molecule has 1 aromatic rings. The quantitative estimate of drug-likeness (QED) is 0.694. The van der Waals surface area contributed by atoms with E-state index in [-0.39, 0.29) is 30.4 Å². The first-order chi connectivity index (χ1) is 12.0. The van der Waals surface area contributed by atoms with Gasteiger partial charge in [0.2, 0.25) is 5.91 Å². The van der Waals surface area contributed by atoms with E-state index in [9.17, 15) is 14.7 Å². The van der Waals surface area contributed by atoms with Gasteiger partial charge in [-0.3, -0.25) is 9.59 Å². The summed E-state index contributed by atoms with van der Waals surface area (Å²) in [6.45, 7) is 4.30. The number of aliphatic hydroxyl groups is 1. The summed E-state index contributed by atoms with van der Waals surface area (Å²) >= 11 is 0. The van der Waals surface area contributed by atoms with Gasteiger partial charge in [0.15, 0.2) is 0 Å². The number of hydrogen-bond donors (Lipinski definition) is 3. The van der Waals surface area contributed by atoms with Crippen LogP contribution < -0.4 is 10.6 Å². The number of carbonyl (C=O) groups excluding carboxylic acids is 2. The number of hydrogen-bond acceptors (Lipinski definition) is 3. The van der Waals surface area contributed by atoms with Crippen LogP contribution in [0.2, 0.25) is 0 Å². The Labute approximate surface area is 149 Å². The molecule has 5 nitrogen and oxygen atoms in total. The van der Waals surface area contributed by atoms with Crippen LogP contribution in [0, 0.1) is 5.92 Å². The van der Waals surface area contributed by atoms with Crippen LogP contribution in [-0.2, 0) is 11.3 Å². The van der Waals surface area contributed by atoms with Crippen LogP contribution in [0.5, 0.6) is 0 Å². The van der Waals surface area contributed by atoms with E-state index >= 15 is 0 Å². The summed E-state index contributed by atoms with van der Waals surface area (Å²) in [4.78, 5) is 24.0. The summed E-state index contributed by atoms with van der Waals surface area (Å²) in [5.74, 6) is -0.0677. The number of rotatable bonds is 6. The van der Waals surface area contributed by atoms with Gasteiger partial charge in [0.1, 0.15) is 0 Å². The van der Waals surface area contributed by atoms with Crippen molar-refractivity contribution in [1.29, 1.82) is 0 Å². The number of allylic oxidation sites excluding steroid dienone is 1. The molecule has 0 spiro atoms. The smallest absolute Gasteiger partial charge is 0.251 e. The van der Waals surface area contributed by atoms with Crippen molar-refractivity contribution in [3.05, 3.63) is 47.0 Å². The molecule has 25 heavy (non-hydrogen) atoms. The van der Waals surface area contributed by atoms with E-state index in [1.807, 2.05) is 26.0 Å². The molecule has 3 N–H and O–H groups in total. The third kappa shape index (κ3) is 6.02. The second kappa shape index (κ2) is 9.37. The molecule has 1 aliphatic rings. The number of carbonyl (C=O) groups is 2. The predicted molar refractivity (Wildman–Crippen MR) is 98.0 cm³/mol. The lowest BCUT2D eigenvalue weighted by molar-refractivity contribution is -0.116. The Hall–Kier alpha value is -2.14. The van der Waals surface area contributed by atoms with Crippen LogP contribution in [0.25, 0.3) is 0 Å². The second-order valence-corrected chi connectivity index (χ2v) is 6.94. The fourth-order valence-corrected chi connectivity index (χ4v) is 3.14. The van der Waals surface area contributed by atoms with Gasteiger partial charge in [-0.1, -0.05) is 30.5 Å². The van der Waals surface area contributed by atoms with Gasteiger partial charge in [-0.15, -0.1) is 0 Å². The van der Waals surface area contributed by atoms with Gasteiger partial charge in [0, 0.05) is 36.8 Å². The summed E-state index contributed by atoms with van der Waals surface area (Å²) < 4.78 is 0. The maximum absolute atomic E-state index is 12.4. The van der Waals surface area contributed by atoms with Crippen molar-refractivity contribution in [2.24, 2.45) is 5.92 Å². The van der Waals surface area contributed by atoms with Crippen LogP contribution >= 0.6 is 0 Å². The van der Waals surface area contributed by atoms with Crippen molar-refractivity contribution in [2.75, 3.05) is 6.61 Å². The van der Waals surface area contributed by atoms with Gasteiger partial charge in [-0.05, 0) is 44.4 Å². The molecule has 1 aliphatic carbocycles. The normalized spacial score (nSPS) is 19.8. The Morgan fingerprint density at radius 1 is 1.16 bits per heavy atom. The fourth-order valence-electron chi connectivity index (χ4n) is 3.14. The van der Waals surface area contributed by atoms with Gasteiger partial charge in [-0.2, -0.15) is 0 Å². The largest absolute Gasteiger partial charge is 0.396 e. The Morgan fingerprint density at radius 2 is 1.84 bits per heavy atom. The highest BCUT2D eigenvalue weighted by Crippen LogP contribution is 2.24. The van der Waals surface area contributed by atoms with Crippen LogP contribution in [-0.4, -0.2) is 29.6 Å². The molecule has 1 aromatic carbocycles. The van der Waals surface area contributed by atoms with E-state index in [1.54, 1.807) is 18.2 Å². The number of benzene rings is 1. The summed E-state index contributed by atoms with van der Waals surface area (Å²) in [5.41, 5.74) is 2.49. The van der Waals surface area contributed by atoms with Crippen molar-refractivity contribution in [2.45, 2.75) is 52.1 Å². The fraction of sp³-hybridized carbons (Fsp3) is 0.500. The molecule has 0 saturated heterocycles. The van der Waals surface area contributed by atoms with Crippen molar-refractivity contribution in [3.8, 4) is 0 Å².